The molecule has 124 valence electrons. The van der Waals surface area contributed by atoms with E-state index in [2.05, 4.69) is 25.2 Å². The molecular formula is C17H20N6O. The van der Waals surface area contributed by atoms with Crippen molar-refractivity contribution in [2.45, 2.75) is 19.5 Å². The molecule has 0 spiro atoms. The number of nitrogens with two attached hydrogens (primary N) is 1. The third-order valence-electron chi connectivity index (χ3n) is 3.72. The zero-order valence-corrected chi connectivity index (χ0v) is 13.7. The molecule has 0 radical (unpaired) electrons. The summed E-state index contributed by atoms with van der Waals surface area (Å²) in [6, 6.07) is 13.5. The van der Waals surface area contributed by atoms with Gasteiger partial charge in [-0.2, -0.15) is 15.0 Å². The van der Waals surface area contributed by atoms with Crippen LogP contribution in [0.4, 0.5) is 17.6 Å². The second kappa shape index (κ2) is 7.10. The van der Waals surface area contributed by atoms with Crippen LogP contribution in [0.2, 0.25) is 0 Å². The molecule has 3 rings (SSSR count). The molecule has 0 bridgehead atoms. The first-order valence-corrected chi connectivity index (χ1v) is 7.68. The van der Waals surface area contributed by atoms with E-state index in [-0.39, 0.29) is 12.0 Å². The number of nitrogen functional groups attached to an aromatic ring is 1. The fourth-order valence-corrected chi connectivity index (χ4v) is 2.29. The molecule has 0 aliphatic rings. The van der Waals surface area contributed by atoms with E-state index < -0.39 is 0 Å². The zero-order valence-electron chi connectivity index (χ0n) is 13.7. The molecule has 2 aromatic heterocycles. The summed E-state index contributed by atoms with van der Waals surface area (Å²) in [5, 5.41) is 3.15. The topological polar surface area (TPSA) is 93.1 Å². The van der Waals surface area contributed by atoms with Gasteiger partial charge in [0, 0.05) is 5.69 Å². The number of para-hydroxylation sites is 1. The fourth-order valence-electron chi connectivity index (χ4n) is 2.29. The Morgan fingerprint density at radius 3 is 2.62 bits per heavy atom. The van der Waals surface area contributed by atoms with E-state index in [4.69, 9.17) is 10.2 Å². The summed E-state index contributed by atoms with van der Waals surface area (Å²) >= 11 is 0. The fraction of sp³-hybridized carbons (Fsp3) is 0.235. The van der Waals surface area contributed by atoms with Crippen molar-refractivity contribution < 1.29 is 4.42 Å². The predicted octanol–water partition coefficient (Wildman–Crippen LogP) is 2.98. The van der Waals surface area contributed by atoms with Gasteiger partial charge in [-0.05, 0) is 38.2 Å². The molecule has 0 unspecified atom stereocenters. The van der Waals surface area contributed by atoms with Gasteiger partial charge in [0.05, 0.1) is 18.8 Å². The van der Waals surface area contributed by atoms with E-state index >= 15 is 0 Å². The Bertz CT molecular complexity index is 775. The van der Waals surface area contributed by atoms with Crippen molar-refractivity contribution in [1.29, 1.82) is 0 Å². The van der Waals surface area contributed by atoms with Crippen LogP contribution in [-0.4, -0.2) is 26.9 Å². The molecule has 7 heteroatoms. The van der Waals surface area contributed by atoms with Crippen LogP contribution in [-0.2, 0) is 6.54 Å². The standard InChI is InChI=1S/C17H20N6O/c1-12(23(2)11-14-9-6-10-24-14)15-20-16(18)22-17(21-15)19-13-7-4-3-5-8-13/h3-10,12H,11H2,1-2H3,(H3,18,19,20,21,22)/t12-/m0/s1. The molecule has 7 nitrogen and oxygen atoms in total. The highest BCUT2D eigenvalue weighted by molar-refractivity contribution is 5.53. The second-order valence-electron chi connectivity index (χ2n) is 5.54. The molecule has 3 N–H and O–H groups in total. The smallest absolute Gasteiger partial charge is 0.232 e. The lowest BCUT2D eigenvalue weighted by atomic mass is 10.2. The van der Waals surface area contributed by atoms with Crippen LogP contribution in [0.25, 0.3) is 0 Å². The largest absolute Gasteiger partial charge is 0.468 e. The van der Waals surface area contributed by atoms with Crippen molar-refractivity contribution in [3.8, 4) is 0 Å². The van der Waals surface area contributed by atoms with Gasteiger partial charge in [-0.15, -0.1) is 0 Å². The van der Waals surface area contributed by atoms with Gasteiger partial charge in [0.1, 0.15) is 5.76 Å². The van der Waals surface area contributed by atoms with Crippen molar-refractivity contribution >= 4 is 17.6 Å². The second-order valence-corrected chi connectivity index (χ2v) is 5.54. The van der Waals surface area contributed by atoms with Crippen LogP contribution in [0, 0.1) is 0 Å². The van der Waals surface area contributed by atoms with E-state index in [1.165, 1.54) is 0 Å². The average molecular weight is 324 g/mol. The summed E-state index contributed by atoms with van der Waals surface area (Å²) in [7, 11) is 1.98. The van der Waals surface area contributed by atoms with E-state index in [1.54, 1.807) is 6.26 Å². The van der Waals surface area contributed by atoms with Gasteiger partial charge in [-0.1, -0.05) is 18.2 Å². The molecule has 0 fully saturated rings. The molecule has 1 aromatic carbocycles. The van der Waals surface area contributed by atoms with Gasteiger partial charge in [0.2, 0.25) is 11.9 Å². The molecule has 0 aliphatic heterocycles. The lowest BCUT2D eigenvalue weighted by Gasteiger charge is -2.22. The molecule has 3 aromatic rings. The summed E-state index contributed by atoms with van der Waals surface area (Å²) in [5.74, 6) is 2.11. The maximum Gasteiger partial charge on any atom is 0.232 e. The number of anilines is 3. The maximum absolute atomic E-state index is 5.85. The number of furan rings is 1. The van der Waals surface area contributed by atoms with Crippen LogP contribution < -0.4 is 11.1 Å². The quantitative estimate of drug-likeness (QED) is 0.720. The number of nitrogens with one attached hydrogen (secondary N) is 1. The summed E-state index contributed by atoms with van der Waals surface area (Å²) in [6.07, 6.45) is 1.66. The van der Waals surface area contributed by atoms with Gasteiger partial charge in [0.15, 0.2) is 5.82 Å². The number of hydrogen-bond acceptors (Lipinski definition) is 7. The highest BCUT2D eigenvalue weighted by Gasteiger charge is 2.18. The SMILES string of the molecule is C[C@@H](c1nc(N)nc(Nc2ccccc2)n1)N(C)Cc1ccco1. The Morgan fingerprint density at radius 2 is 1.92 bits per heavy atom. The van der Waals surface area contributed by atoms with Crippen LogP contribution in [0.15, 0.2) is 53.1 Å². The molecule has 24 heavy (non-hydrogen) atoms. The highest BCUT2D eigenvalue weighted by atomic mass is 16.3. The molecular weight excluding hydrogens is 304 g/mol. The van der Waals surface area contributed by atoms with Crippen molar-refractivity contribution in [2.75, 3.05) is 18.1 Å². The molecule has 0 aliphatic carbocycles. The van der Waals surface area contributed by atoms with Crippen molar-refractivity contribution in [3.63, 3.8) is 0 Å². The normalized spacial score (nSPS) is 12.3. The molecule has 0 amide bonds. The summed E-state index contributed by atoms with van der Waals surface area (Å²) in [6.45, 7) is 2.67. The zero-order chi connectivity index (χ0) is 16.9. The number of benzene rings is 1. The van der Waals surface area contributed by atoms with Crippen LogP contribution in [0.3, 0.4) is 0 Å². The minimum absolute atomic E-state index is 0.0447. The van der Waals surface area contributed by atoms with Gasteiger partial charge in [-0.3, -0.25) is 4.90 Å². The predicted molar refractivity (Wildman–Crippen MR) is 92.6 cm³/mol. The minimum atomic E-state index is -0.0447. The Hall–Kier alpha value is -2.93. The van der Waals surface area contributed by atoms with Crippen LogP contribution >= 0.6 is 0 Å². The summed E-state index contributed by atoms with van der Waals surface area (Å²) < 4.78 is 5.38. The maximum atomic E-state index is 5.85. The van der Waals surface area contributed by atoms with E-state index in [9.17, 15) is 0 Å². The van der Waals surface area contributed by atoms with E-state index in [0.29, 0.717) is 18.3 Å². The third-order valence-corrected chi connectivity index (χ3v) is 3.72. The highest BCUT2D eigenvalue weighted by Crippen LogP contribution is 2.20. The molecule has 0 saturated carbocycles. The Morgan fingerprint density at radius 1 is 1.12 bits per heavy atom. The van der Waals surface area contributed by atoms with Gasteiger partial charge < -0.3 is 15.5 Å². The average Bonchev–Trinajstić information content (AvgIpc) is 3.07. The van der Waals surface area contributed by atoms with E-state index in [1.807, 2.05) is 56.4 Å². The monoisotopic (exact) mass is 324 g/mol. The van der Waals surface area contributed by atoms with Gasteiger partial charge in [0.25, 0.3) is 0 Å². The lowest BCUT2D eigenvalue weighted by Crippen LogP contribution is -2.24. The first kappa shape index (κ1) is 15.9. The van der Waals surface area contributed by atoms with Crippen molar-refractivity contribution in [1.82, 2.24) is 19.9 Å². The first-order valence-electron chi connectivity index (χ1n) is 7.68. The van der Waals surface area contributed by atoms with Crippen molar-refractivity contribution in [3.05, 3.63) is 60.3 Å². The summed E-state index contributed by atoms with van der Waals surface area (Å²) in [5.41, 5.74) is 6.74. The number of hydrogen-bond donors (Lipinski definition) is 2. The van der Waals surface area contributed by atoms with Gasteiger partial charge in [-0.25, -0.2) is 0 Å². The van der Waals surface area contributed by atoms with Crippen molar-refractivity contribution in [2.24, 2.45) is 0 Å². The Kier molecular flexibility index (Phi) is 4.72. The number of nitrogens with zero attached hydrogens (tertiary/aromatic N) is 4. The van der Waals surface area contributed by atoms with Crippen LogP contribution in [0.1, 0.15) is 24.6 Å². The molecule has 1 atom stereocenters. The Labute approximate surface area is 140 Å². The Balaban J connectivity index is 1.77. The molecule has 2 heterocycles. The van der Waals surface area contributed by atoms with Gasteiger partial charge >= 0.3 is 0 Å². The minimum Gasteiger partial charge on any atom is -0.468 e. The van der Waals surface area contributed by atoms with E-state index in [0.717, 1.165) is 11.4 Å². The summed E-state index contributed by atoms with van der Waals surface area (Å²) in [4.78, 5) is 15.0. The molecule has 0 saturated heterocycles. The number of aromatic nitrogens is 3. The lowest BCUT2D eigenvalue weighted by molar-refractivity contribution is 0.224. The van der Waals surface area contributed by atoms with Crippen LogP contribution in [0.5, 0.6) is 0 Å². The number of rotatable bonds is 6. The third kappa shape index (κ3) is 3.88. The first-order chi connectivity index (χ1) is 11.6.